The Morgan fingerprint density at radius 3 is 2.53 bits per heavy atom. The molecule has 2 N–H and O–H groups in total. The van der Waals surface area contributed by atoms with E-state index in [9.17, 15) is 0 Å². The molecule has 102 valence electrons. The molecule has 2 rings (SSSR count). The Bertz CT molecular complexity index is 482. The van der Waals surface area contributed by atoms with Crippen molar-refractivity contribution in [2.75, 3.05) is 6.54 Å². The first-order valence-corrected chi connectivity index (χ1v) is 6.99. The van der Waals surface area contributed by atoms with Gasteiger partial charge >= 0.3 is 0 Å². The second-order valence-corrected chi connectivity index (χ2v) is 5.18. The van der Waals surface area contributed by atoms with Crippen LogP contribution in [0.4, 0.5) is 0 Å². The van der Waals surface area contributed by atoms with Crippen molar-refractivity contribution >= 4 is 0 Å². The maximum Gasteiger partial charge on any atom is 0.123 e. The van der Waals surface area contributed by atoms with E-state index in [-0.39, 0.29) is 6.04 Å². The highest BCUT2D eigenvalue weighted by Crippen LogP contribution is 2.17. The highest BCUT2D eigenvalue weighted by Gasteiger charge is 2.14. The lowest BCUT2D eigenvalue weighted by Gasteiger charge is -2.17. The lowest BCUT2D eigenvalue weighted by molar-refractivity contribution is 0.508. The molecule has 0 spiro atoms. The zero-order chi connectivity index (χ0) is 13.7. The van der Waals surface area contributed by atoms with Crippen LogP contribution in [-0.4, -0.2) is 16.5 Å². The summed E-state index contributed by atoms with van der Waals surface area (Å²) in [6, 6.07) is 6.99. The molecule has 0 fully saturated rings. The topological polar surface area (TPSA) is 40.7 Å². The predicted octanol–water partition coefficient (Wildman–Crippen LogP) is 3.31. The number of nitrogens with one attached hydrogen (secondary N) is 2. The van der Waals surface area contributed by atoms with E-state index < -0.39 is 0 Å². The molecule has 0 radical (unpaired) electrons. The van der Waals surface area contributed by atoms with Gasteiger partial charge in [-0.1, -0.05) is 36.2 Å². The molecular weight excluding hydrogens is 234 g/mol. The first kappa shape index (κ1) is 13.8. The van der Waals surface area contributed by atoms with E-state index >= 15 is 0 Å². The number of rotatable bonds is 6. The van der Waals surface area contributed by atoms with Crippen molar-refractivity contribution < 1.29 is 0 Å². The zero-order valence-electron chi connectivity index (χ0n) is 12.0. The molecule has 19 heavy (non-hydrogen) atoms. The van der Waals surface area contributed by atoms with E-state index in [4.69, 9.17) is 0 Å². The minimum absolute atomic E-state index is 0.260. The summed E-state index contributed by atoms with van der Waals surface area (Å²) in [5.74, 6) is 1.02. The number of benzene rings is 1. The molecule has 1 atom stereocenters. The predicted molar refractivity (Wildman–Crippen MR) is 79.2 cm³/mol. The number of imidazole rings is 1. The summed E-state index contributed by atoms with van der Waals surface area (Å²) in [4.78, 5) is 7.61. The van der Waals surface area contributed by atoms with Crippen LogP contribution >= 0.6 is 0 Å². The summed E-state index contributed by atoms with van der Waals surface area (Å²) < 4.78 is 0. The Kier molecular flexibility index (Phi) is 4.74. The summed E-state index contributed by atoms with van der Waals surface area (Å²) in [6.45, 7) is 7.49. The van der Waals surface area contributed by atoms with Crippen molar-refractivity contribution in [3.05, 3.63) is 53.1 Å². The molecule has 1 unspecified atom stereocenters. The van der Waals surface area contributed by atoms with Crippen molar-refractivity contribution in [3.8, 4) is 0 Å². The molecule has 0 aliphatic rings. The van der Waals surface area contributed by atoms with Gasteiger partial charge in [0.25, 0.3) is 0 Å². The fourth-order valence-corrected chi connectivity index (χ4v) is 2.47. The van der Waals surface area contributed by atoms with Crippen LogP contribution < -0.4 is 5.32 Å². The average molecular weight is 257 g/mol. The molecule has 0 saturated heterocycles. The molecule has 0 aliphatic carbocycles. The Morgan fingerprint density at radius 1 is 1.21 bits per heavy atom. The molecule has 0 aliphatic heterocycles. The smallest absolute Gasteiger partial charge is 0.123 e. The van der Waals surface area contributed by atoms with Gasteiger partial charge in [-0.05, 0) is 38.8 Å². The monoisotopic (exact) mass is 257 g/mol. The molecule has 0 amide bonds. The standard InChI is InChI=1S/C16H23N3/c1-4-5-17-15(16-18-6-7-19-16)11-14-9-12(2)8-13(3)10-14/h6-10,15,17H,4-5,11H2,1-3H3,(H,18,19). The van der Waals surface area contributed by atoms with Crippen molar-refractivity contribution in [1.82, 2.24) is 15.3 Å². The van der Waals surface area contributed by atoms with E-state index in [1.807, 2.05) is 12.4 Å². The summed E-state index contributed by atoms with van der Waals surface area (Å²) in [5.41, 5.74) is 4.01. The van der Waals surface area contributed by atoms with Crippen LogP contribution in [-0.2, 0) is 6.42 Å². The van der Waals surface area contributed by atoms with Crippen LogP contribution in [0.2, 0.25) is 0 Å². The average Bonchev–Trinajstić information content (AvgIpc) is 2.87. The van der Waals surface area contributed by atoms with E-state index in [1.54, 1.807) is 0 Å². The molecule has 0 saturated carbocycles. The fourth-order valence-electron chi connectivity index (χ4n) is 2.47. The van der Waals surface area contributed by atoms with Gasteiger partial charge < -0.3 is 10.3 Å². The summed E-state index contributed by atoms with van der Waals surface area (Å²) in [5, 5.41) is 3.57. The van der Waals surface area contributed by atoms with Gasteiger partial charge in [0.1, 0.15) is 5.82 Å². The number of nitrogens with zero attached hydrogens (tertiary/aromatic N) is 1. The van der Waals surface area contributed by atoms with Crippen molar-refractivity contribution in [1.29, 1.82) is 0 Å². The lowest BCUT2D eigenvalue weighted by Crippen LogP contribution is -2.25. The second-order valence-electron chi connectivity index (χ2n) is 5.18. The van der Waals surface area contributed by atoms with Gasteiger partial charge in [0.15, 0.2) is 0 Å². The Hall–Kier alpha value is -1.61. The number of hydrogen-bond acceptors (Lipinski definition) is 2. The molecule has 1 heterocycles. The number of aromatic amines is 1. The van der Waals surface area contributed by atoms with Crippen LogP contribution in [0.5, 0.6) is 0 Å². The van der Waals surface area contributed by atoms with Gasteiger partial charge in [-0.3, -0.25) is 0 Å². The Labute approximate surface area is 115 Å². The number of H-pyrrole nitrogens is 1. The van der Waals surface area contributed by atoms with Crippen LogP contribution in [0.1, 0.15) is 41.9 Å². The Morgan fingerprint density at radius 2 is 1.95 bits per heavy atom. The molecular formula is C16H23N3. The van der Waals surface area contributed by atoms with Crippen LogP contribution in [0, 0.1) is 13.8 Å². The van der Waals surface area contributed by atoms with E-state index in [0.29, 0.717) is 0 Å². The van der Waals surface area contributed by atoms with Crippen molar-refractivity contribution in [2.24, 2.45) is 0 Å². The lowest BCUT2D eigenvalue weighted by atomic mass is 10.0. The first-order valence-electron chi connectivity index (χ1n) is 6.99. The normalized spacial score (nSPS) is 12.6. The van der Waals surface area contributed by atoms with Crippen LogP contribution in [0.15, 0.2) is 30.6 Å². The first-order chi connectivity index (χ1) is 9.19. The van der Waals surface area contributed by atoms with Gasteiger partial charge in [0.2, 0.25) is 0 Å². The summed E-state index contributed by atoms with van der Waals surface area (Å²) in [6.07, 6.45) is 5.80. The van der Waals surface area contributed by atoms with Crippen molar-refractivity contribution in [2.45, 2.75) is 39.7 Å². The summed E-state index contributed by atoms with van der Waals surface area (Å²) >= 11 is 0. The molecule has 3 nitrogen and oxygen atoms in total. The molecule has 0 bridgehead atoms. The molecule has 3 heteroatoms. The molecule has 1 aromatic heterocycles. The van der Waals surface area contributed by atoms with Crippen LogP contribution in [0.3, 0.4) is 0 Å². The van der Waals surface area contributed by atoms with Crippen molar-refractivity contribution in [3.63, 3.8) is 0 Å². The van der Waals surface area contributed by atoms with Crippen LogP contribution in [0.25, 0.3) is 0 Å². The maximum atomic E-state index is 4.39. The van der Waals surface area contributed by atoms with Gasteiger partial charge in [0.05, 0.1) is 6.04 Å². The van der Waals surface area contributed by atoms with E-state index in [2.05, 4.69) is 54.3 Å². The van der Waals surface area contributed by atoms with E-state index in [1.165, 1.54) is 16.7 Å². The van der Waals surface area contributed by atoms with Gasteiger partial charge in [-0.25, -0.2) is 4.98 Å². The Balaban J connectivity index is 2.15. The van der Waals surface area contributed by atoms with Gasteiger partial charge in [-0.2, -0.15) is 0 Å². The quantitative estimate of drug-likeness (QED) is 0.833. The molecule has 2 aromatic rings. The number of hydrogen-bond donors (Lipinski definition) is 2. The largest absolute Gasteiger partial charge is 0.347 e. The number of aromatic nitrogens is 2. The van der Waals surface area contributed by atoms with E-state index in [0.717, 1.165) is 25.2 Å². The third-order valence-corrected chi connectivity index (χ3v) is 3.21. The summed E-state index contributed by atoms with van der Waals surface area (Å²) in [7, 11) is 0. The maximum absolute atomic E-state index is 4.39. The third kappa shape index (κ3) is 3.93. The molecule has 1 aromatic carbocycles. The fraction of sp³-hybridized carbons (Fsp3) is 0.438. The number of aryl methyl sites for hydroxylation is 2. The zero-order valence-corrected chi connectivity index (χ0v) is 12.0. The second kappa shape index (κ2) is 6.53. The highest BCUT2D eigenvalue weighted by molar-refractivity contribution is 5.29. The highest BCUT2D eigenvalue weighted by atomic mass is 15.0. The minimum atomic E-state index is 0.260. The minimum Gasteiger partial charge on any atom is -0.347 e. The SMILES string of the molecule is CCCNC(Cc1cc(C)cc(C)c1)c1ncc[nH]1. The van der Waals surface area contributed by atoms with Gasteiger partial charge in [0, 0.05) is 12.4 Å². The van der Waals surface area contributed by atoms with Gasteiger partial charge in [-0.15, -0.1) is 0 Å². The third-order valence-electron chi connectivity index (χ3n) is 3.21.